The Kier molecular flexibility index (Phi) is 11.0. The Labute approximate surface area is 410 Å². The van der Waals surface area contributed by atoms with Gasteiger partial charge in [0.15, 0.2) is 11.6 Å². The van der Waals surface area contributed by atoms with Crippen LogP contribution in [0.3, 0.4) is 0 Å². The zero-order chi connectivity index (χ0) is 50.2. The highest BCUT2D eigenvalue weighted by atomic mass is 32.2. The zero-order valence-electron chi connectivity index (χ0n) is 41.5. The fraction of sp³-hybridized carbons (Fsp3) is 0.453. The number of nitrogens with zero attached hydrogens (tertiary/aromatic N) is 8. The number of nitrogens with one attached hydrogen (secondary N) is 1. The highest BCUT2D eigenvalue weighted by Crippen LogP contribution is 2.56. The van der Waals surface area contributed by atoms with Gasteiger partial charge in [-0.2, -0.15) is 5.10 Å². The van der Waals surface area contributed by atoms with Gasteiger partial charge in [-0.05, 0) is 144 Å². The SMILES string of the molecule is CN=[S@](=O)(c1ccc(-n2ccn(-c3c4c(nn3-c3cc(C)c(F)c(C)c3)CCN(C(=O)c3cc5cc([C@H]6CCOC(C)(C)C6)ccc5n3[C@@]3(c5noc(=O)[nH]5)C[C@@H]3C)[C@H]4C)c2=O)c(F)c1C(C)C)C1CC1. The average Bonchev–Trinajstić information content (AvgIpc) is 4.07. The second kappa shape index (κ2) is 16.6. The normalized spacial score (nSPS) is 22.8. The predicted octanol–water partition coefficient (Wildman–Crippen LogP) is 9.30. The van der Waals surface area contributed by atoms with Crippen LogP contribution in [0.15, 0.2) is 84.3 Å². The summed E-state index contributed by atoms with van der Waals surface area (Å²) in [5, 5.41) is 10.0. The van der Waals surface area contributed by atoms with Crippen LogP contribution in [0.25, 0.3) is 28.1 Å². The van der Waals surface area contributed by atoms with Crippen molar-refractivity contribution in [1.29, 1.82) is 0 Å². The number of carbonyl (C=O) groups excluding carboxylic acids is 1. The molecule has 2 aliphatic carbocycles. The van der Waals surface area contributed by atoms with E-state index in [4.69, 9.17) is 14.4 Å². The minimum absolute atomic E-state index is 0.0127. The van der Waals surface area contributed by atoms with Crippen LogP contribution in [0, 0.1) is 31.4 Å². The van der Waals surface area contributed by atoms with E-state index in [0.29, 0.717) is 69.8 Å². The maximum atomic E-state index is 17.1. The molecule has 2 aliphatic heterocycles. The van der Waals surface area contributed by atoms with Gasteiger partial charge in [-0.25, -0.2) is 31.6 Å². The molecule has 1 amide bonds. The molecule has 0 bridgehead atoms. The highest BCUT2D eigenvalue weighted by molar-refractivity contribution is 7.94. The summed E-state index contributed by atoms with van der Waals surface area (Å²) in [6.07, 6.45) is 7.17. The lowest BCUT2D eigenvalue weighted by Crippen LogP contribution is -2.41. The minimum atomic E-state index is -2.89. The summed E-state index contributed by atoms with van der Waals surface area (Å²) in [4.78, 5) is 48.1. The third-order valence-electron chi connectivity index (χ3n) is 15.6. The van der Waals surface area contributed by atoms with Crippen molar-refractivity contribution in [2.45, 2.75) is 133 Å². The molecule has 1 N–H and O–H groups in total. The fourth-order valence-corrected chi connectivity index (χ4v) is 14.3. The molecule has 0 spiro atoms. The molecule has 3 fully saturated rings. The Morgan fingerprint density at radius 3 is 2.31 bits per heavy atom. The Morgan fingerprint density at radius 2 is 1.68 bits per heavy atom. The number of fused-ring (bicyclic) bond motifs is 2. The van der Waals surface area contributed by atoms with E-state index < -0.39 is 38.6 Å². The van der Waals surface area contributed by atoms with Gasteiger partial charge in [-0.1, -0.05) is 32.0 Å². The molecule has 4 aliphatic rings. The molecule has 7 aromatic rings. The first-order valence-electron chi connectivity index (χ1n) is 24.6. The van der Waals surface area contributed by atoms with Crippen molar-refractivity contribution in [2.24, 2.45) is 10.3 Å². The molecule has 0 unspecified atom stereocenters. The average molecular weight is 988 g/mol. The van der Waals surface area contributed by atoms with E-state index in [2.05, 4.69) is 53.5 Å². The van der Waals surface area contributed by atoms with E-state index in [0.717, 1.165) is 42.1 Å². The van der Waals surface area contributed by atoms with Crippen LogP contribution in [0.1, 0.15) is 141 Å². The summed E-state index contributed by atoms with van der Waals surface area (Å²) in [5.74, 6) is -1.46. The van der Waals surface area contributed by atoms with Crippen molar-refractivity contribution < 1.29 is 27.0 Å². The lowest BCUT2D eigenvalue weighted by Gasteiger charge is -2.35. The molecular weight excluding hydrogens is 929 g/mol. The number of carbonyl (C=O) groups is 1. The van der Waals surface area contributed by atoms with Crippen LogP contribution in [-0.4, -0.2) is 79.7 Å². The highest BCUT2D eigenvalue weighted by Gasteiger charge is 2.59. The lowest BCUT2D eigenvalue weighted by molar-refractivity contribution is -0.0592. The van der Waals surface area contributed by atoms with E-state index in [1.165, 1.54) is 28.4 Å². The fourth-order valence-electron chi connectivity index (χ4n) is 11.8. The van der Waals surface area contributed by atoms with Crippen LogP contribution >= 0.6 is 0 Å². The number of hydrogen-bond donors (Lipinski definition) is 1. The molecule has 18 heteroatoms. The van der Waals surface area contributed by atoms with E-state index in [1.807, 2.05) is 31.4 Å². The van der Waals surface area contributed by atoms with Gasteiger partial charge in [0.1, 0.15) is 22.9 Å². The number of aryl methyl sites for hydroxylation is 2. The van der Waals surface area contributed by atoms with Crippen LogP contribution < -0.4 is 11.4 Å². The molecule has 4 aromatic heterocycles. The minimum Gasteiger partial charge on any atom is -0.376 e. The molecule has 372 valence electrons. The topological polar surface area (TPSA) is 168 Å². The quantitative estimate of drug-likeness (QED) is 0.142. The van der Waals surface area contributed by atoms with Gasteiger partial charge < -0.3 is 14.2 Å². The molecule has 3 aromatic carbocycles. The largest absolute Gasteiger partial charge is 0.438 e. The third kappa shape index (κ3) is 7.32. The van der Waals surface area contributed by atoms with Gasteiger partial charge in [-0.3, -0.25) is 23.4 Å². The molecule has 1 saturated heterocycles. The standard InChI is InChI=1S/C53H59F2N9O6S/c1-28(2)43-42(71(68,56-9)37-11-12-37)15-14-40(46(43)55)61-19-20-62(51(61)67)47-44-32(6)60(18-16-38(44)58-64(47)36-22-29(3)45(54)30(4)23-36)48(65)41-25-35-24-33(34-17-21-69-52(7,8)27-34)10-13-39(35)63(41)53(26-31(53)5)49-57-50(66)70-59-49/h10,13-15,19-20,22-25,28,31-32,34,37H,11-12,16-18,21,26-27H2,1-9H3,(H,57,59,66)/t31-,32-,34-,53-,71+/m0/s1. The summed E-state index contributed by atoms with van der Waals surface area (Å²) in [7, 11) is -1.38. The molecule has 5 atom stereocenters. The second-order valence-corrected chi connectivity index (χ2v) is 23.7. The Morgan fingerprint density at radius 1 is 0.958 bits per heavy atom. The predicted molar refractivity (Wildman–Crippen MR) is 265 cm³/mol. The summed E-state index contributed by atoms with van der Waals surface area (Å²) < 4.78 is 68.3. The first-order valence-corrected chi connectivity index (χ1v) is 26.2. The van der Waals surface area contributed by atoms with Gasteiger partial charge >= 0.3 is 11.4 Å². The molecule has 11 rings (SSSR count). The van der Waals surface area contributed by atoms with Crippen LogP contribution in [0.5, 0.6) is 0 Å². The lowest BCUT2D eigenvalue weighted by atomic mass is 9.83. The third-order valence-corrected chi connectivity index (χ3v) is 18.5. The molecule has 71 heavy (non-hydrogen) atoms. The van der Waals surface area contributed by atoms with Gasteiger partial charge in [0.2, 0.25) is 0 Å². The van der Waals surface area contributed by atoms with Crippen molar-refractivity contribution in [1.82, 2.24) is 38.5 Å². The first-order chi connectivity index (χ1) is 33.8. The Bertz CT molecular complexity index is 3580. The van der Waals surface area contributed by atoms with Crippen molar-refractivity contribution >= 4 is 26.5 Å². The van der Waals surface area contributed by atoms with Crippen LogP contribution in [0.2, 0.25) is 0 Å². The number of H-pyrrole nitrogens is 1. The summed E-state index contributed by atoms with van der Waals surface area (Å²) in [6.45, 7) is 16.1. The number of imidazole rings is 1. The monoisotopic (exact) mass is 987 g/mol. The van der Waals surface area contributed by atoms with E-state index >= 15 is 18.4 Å². The van der Waals surface area contributed by atoms with Crippen molar-refractivity contribution in [2.75, 3.05) is 20.2 Å². The maximum absolute atomic E-state index is 17.1. The van der Waals surface area contributed by atoms with Crippen molar-refractivity contribution in [3.05, 3.63) is 139 Å². The number of aromatic nitrogens is 7. The number of benzene rings is 3. The second-order valence-electron chi connectivity index (χ2n) is 21.1. The molecule has 15 nitrogen and oxygen atoms in total. The van der Waals surface area contributed by atoms with Crippen LogP contribution in [0.4, 0.5) is 8.78 Å². The molecular formula is C53H59F2N9O6S. The number of ether oxygens (including phenoxy) is 1. The summed E-state index contributed by atoms with van der Waals surface area (Å²) in [6, 6.07) is 14.1. The summed E-state index contributed by atoms with van der Waals surface area (Å²) in [5.41, 5.74) is 3.34. The molecule has 6 heterocycles. The van der Waals surface area contributed by atoms with Gasteiger partial charge in [0.05, 0.1) is 43.3 Å². The number of amides is 1. The van der Waals surface area contributed by atoms with Gasteiger partial charge in [-0.15, -0.1) is 0 Å². The number of halogens is 2. The van der Waals surface area contributed by atoms with Gasteiger partial charge in [0, 0.05) is 66.3 Å². The van der Waals surface area contributed by atoms with E-state index in [9.17, 15) is 9.00 Å². The Balaban J connectivity index is 1.05. The number of rotatable bonds is 10. The smallest absolute Gasteiger partial charge is 0.376 e. The zero-order valence-corrected chi connectivity index (χ0v) is 42.3. The van der Waals surface area contributed by atoms with Crippen molar-refractivity contribution in [3.8, 4) is 17.2 Å². The summed E-state index contributed by atoms with van der Waals surface area (Å²) >= 11 is 0. The van der Waals surface area contributed by atoms with E-state index in [1.54, 1.807) is 47.8 Å². The van der Waals surface area contributed by atoms with E-state index in [-0.39, 0.29) is 58.1 Å². The number of aromatic amines is 1. The van der Waals surface area contributed by atoms with Gasteiger partial charge in [0.25, 0.3) is 5.91 Å². The first kappa shape index (κ1) is 47.0. The molecule has 0 radical (unpaired) electrons. The maximum Gasteiger partial charge on any atom is 0.438 e. The van der Waals surface area contributed by atoms with Crippen molar-refractivity contribution in [3.63, 3.8) is 0 Å². The number of hydrogen-bond acceptors (Lipinski definition) is 9. The Hall–Kier alpha value is -6.40. The molecule has 2 saturated carbocycles. The van der Waals surface area contributed by atoms with Crippen LogP contribution in [-0.2, 0) is 26.4 Å².